The number of hydrogen-bond donors (Lipinski definition) is 0. The van der Waals surface area contributed by atoms with Gasteiger partial charge in [0.05, 0.1) is 27.8 Å². The first-order valence-electron chi connectivity index (χ1n) is 21.6. The summed E-state index contributed by atoms with van der Waals surface area (Å²) in [7, 11) is 0. The van der Waals surface area contributed by atoms with Gasteiger partial charge in [-0.1, -0.05) is 176 Å². The lowest BCUT2D eigenvalue weighted by atomic mass is 9.95. The van der Waals surface area contributed by atoms with Crippen LogP contribution in [0, 0.1) is 0 Å². The summed E-state index contributed by atoms with van der Waals surface area (Å²) in [4.78, 5) is 10.4. The van der Waals surface area contributed by atoms with Crippen molar-refractivity contribution >= 4 is 43.6 Å². The molecule has 0 bridgehead atoms. The highest BCUT2D eigenvalue weighted by Crippen LogP contribution is 2.47. The number of rotatable bonds is 6. The molecule has 0 radical (unpaired) electrons. The van der Waals surface area contributed by atoms with Gasteiger partial charge in [-0.15, -0.1) is 0 Å². The molecule has 9 aromatic carbocycles. The quantitative estimate of drug-likeness (QED) is 0.168. The second-order valence-electron chi connectivity index (χ2n) is 16.5. The van der Waals surface area contributed by atoms with E-state index in [1.807, 2.05) is 24.3 Å². The summed E-state index contributed by atoms with van der Waals surface area (Å²) in [5.74, 6) is 1.53. The molecule has 0 spiro atoms. The zero-order valence-corrected chi connectivity index (χ0v) is 34.3. The first kappa shape index (κ1) is 35.4. The van der Waals surface area contributed by atoms with Crippen molar-refractivity contribution in [3.05, 3.63) is 230 Å². The summed E-state index contributed by atoms with van der Waals surface area (Å²) >= 11 is 0. The Kier molecular flexibility index (Phi) is 7.94. The minimum Gasteiger partial charge on any atom is -0.309 e. The average Bonchev–Trinajstić information content (AvgIpc) is 4.03. The van der Waals surface area contributed by atoms with Gasteiger partial charge in [-0.25, -0.2) is 9.97 Å². The number of fused-ring (bicyclic) bond motifs is 10. The minimum atomic E-state index is 0.694. The first-order valence-corrected chi connectivity index (χ1v) is 21.6. The second-order valence-corrected chi connectivity index (χ2v) is 16.5. The normalized spacial score (nSPS) is 12.1. The maximum absolute atomic E-state index is 5.31. The molecule has 0 atom stereocenters. The molecule has 4 heteroatoms. The van der Waals surface area contributed by atoms with E-state index < -0.39 is 0 Å². The van der Waals surface area contributed by atoms with E-state index >= 15 is 0 Å². The molecule has 63 heavy (non-hydrogen) atoms. The van der Waals surface area contributed by atoms with Gasteiger partial charge in [0.25, 0.3) is 0 Å². The summed E-state index contributed by atoms with van der Waals surface area (Å²) in [5.41, 5.74) is 19.1. The predicted molar refractivity (Wildman–Crippen MR) is 261 cm³/mol. The van der Waals surface area contributed by atoms with E-state index in [9.17, 15) is 0 Å². The van der Waals surface area contributed by atoms with Gasteiger partial charge in [-0.3, -0.25) is 4.57 Å². The number of nitrogens with zero attached hydrogens (tertiary/aromatic N) is 4. The molecule has 0 amide bonds. The topological polar surface area (TPSA) is 35.6 Å². The Balaban J connectivity index is 1.00. The van der Waals surface area contributed by atoms with Crippen LogP contribution in [0.2, 0.25) is 0 Å². The van der Waals surface area contributed by atoms with Crippen molar-refractivity contribution in [1.82, 2.24) is 19.1 Å². The number of para-hydroxylation sites is 2. The summed E-state index contributed by atoms with van der Waals surface area (Å²) in [6.07, 6.45) is 0.902. The van der Waals surface area contributed by atoms with Crippen LogP contribution in [-0.2, 0) is 6.42 Å². The van der Waals surface area contributed by atoms with E-state index in [2.05, 4.69) is 203 Å². The van der Waals surface area contributed by atoms with Crippen molar-refractivity contribution in [3.8, 4) is 67.5 Å². The van der Waals surface area contributed by atoms with Gasteiger partial charge in [0.2, 0.25) is 0 Å². The Hall–Kier alpha value is -8.34. The third-order valence-electron chi connectivity index (χ3n) is 13.0. The van der Waals surface area contributed by atoms with Crippen molar-refractivity contribution in [1.29, 1.82) is 0 Å². The van der Waals surface area contributed by atoms with Crippen LogP contribution in [0.1, 0.15) is 11.1 Å². The fourth-order valence-corrected chi connectivity index (χ4v) is 10.3. The maximum Gasteiger partial charge on any atom is 0.162 e. The number of hydrogen-bond acceptors (Lipinski definition) is 2. The molecule has 0 unspecified atom stereocenters. The van der Waals surface area contributed by atoms with Crippen molar-refractivity contribution < 1.29 is 0 Å². The molecule has 4 nitrogen and oxygen atoms in total. The van der Waals surface area contributed by atoms with Crippen LogP contribution in [0.4, 0.5) is 0 Å². The molecule has 0 saturated heterocycles. The highest BCUT2D eigenvalue weighted by molar-refractivity contribution is 6.29. The predicted octanol–water partition coefficient (Wildman–Crippen LogP) is 14.9. The Bertz CT molecular complexity index is 3690. The van der Waals surface area contributed by atoms with E-state index in [1.165, 1.54) is 77.1 Å². The first-order chi connectivity index (χ1) is 31.3. The molecule has 13 rings (SSSR count). The molecule has 1 aliphatic rings. The molecular formula is C59H38N4. The third-order valence-corrected chi connectivity index (χ3v) is 13.0. The van der Waals surface area contributed by atoms with E-state index in [4.69, 9.17) is 9.97 Å². The fourth-order valence-electron chi connectivity index (χ4n) is 10.3. The van der Waals surface area contributed by atoms with Crippen molar-refractivity contribution in [2.45, 2.75) is 6.42 Å². The summed E-state index contributed by atoms with van der Waals surface area (Å²) in [6, 6.07) is 78.6. The maximum atomic E-state index is 5.31. The molecule has 0 fully saturated rings. The average molecular weight is 803 g/mol. The Morgan fingerprint density at radius 3 is 1.48 bits per heavy atom. The van der Waals surface area contributed by atoms with Crippen molar-refractivity contribution in [3.63, 3.8) is 0 Å². The van der Waals surface area contributed by atoms with Crippen LogP contribution in [0.3, 0.4) is 0 Å². The Morgan fingerprint density at radius 2 is 0.825 bits per heavy atom. The van der Waals surface area contributed by atoms with Gasteiger partial charge >= 0.3 is 0 Å². The van der Waals surface area contributed by atoms with Gasteiger partial charge in [0.15, 0.2) is 5.82 Å². The largest absolute Gasteiger partial charge is 0.309 e. The van der Waals surface area contributed by atoms with Crippen molar-refractivity contribution in [2.75, 3.05) is 0 Å². The number of benzene rings is 9. The van der Waals surface area contributed by atoms with Gasteiger partial charge in [0, 0.05) is 44.4 Å². The van der Waals surface area contributed by atoms with Crippen LogP contribution < -0.4 is 0 Å². The monoisotopic (exact) mass is 802 g/mol. The molecule has 12 aromatic rings. The smallest absolute Gasteiger partial charge is 0.162 e. The van der Waals surface area contributed by atoms with Crippen LogP contribution >= 0.6 is 0 Å². The Labute approximate surface area is 364 Å². The molecule has 3 heterocycles. The van der Waals surface area contributed by atoms with Gasteiger partial charge in [-0.2, -0.15) is 0 Å². The second kappa shape index (κ2) is 14.1. The minimum absolute atomic E-state index is 0.694. The van der Waals surface area contributed by atoms with Crippen LogP contribution in [0.5, 0.6) is 0 Å². The molecule has 0 aliphatic heterocycles. The zero-order valence-electron chi connectivity index (χ0n) is 34.3. The Morgan fingerprint density at radius 1 is 0.333 bits per heavy atom. The fraction of sp³-hybridized carbons (Fsp3) is 0.0169. The van der Waals surface area contributed by atoms with Gasteiger partial charge < -0.3 is 4.57 Å². The summed E-state index contributed by atoms with van der Waals surface area (Å²) in [5, 5.41) is 4.84. The molecule has 294 valence electrons. The van der Waals surface area contributed by atoms with Crippen LogP contribution in [0.15, 0.2) is 218 Å². The third kappa shape index (κ3) is 5.55. The molecule has 0 N–H and O–H groups in total. The van der Waals surface area contributed by atoms with E-state index in [1.54, 1.807) is 0 Å². The molecule has 1 aliphatic carbocycles. The molecule has 0 saturated carbocycles. The molecule has 3 aromatic heterocycles. The number of aromatic nitrogens is 4. The standard InChI is InChI=1S/C59H38N4/c1-4-17-38(18-5-1)43-27-15-29-45-46-30-16-28-44(50(46)36-49(43)45)41-23-14-24-42(35-41)62-52-31-12-10-25-47(52)57-54(62)33-34-55-58(57)48-26-11-13-32-53(48)63(55)56-37-51(39-19-6-2-7-20-39)60-59(61-56)40-21-8-3-9-22-40/h1-35,37H,36H2. The van der Waals surface area contributed by atoms with E-state index in [0.29, 0.717) is 5.82 Å². The summed E-state index contributed by atoms with van der Waals surface area (Å²) in [6.45, 7) is 0. The van der Waals surface area contributed by atoms with Crippen LogP contribution in [0.25, 0.3) is 111 Å². The zero-order chi connectivity index (χ0) is 41.4. The lowest BCUT2D eigenvalue weighted by molar-refractivity contribution is 1.05. The lowest BCUT2D eigenvalue weighted by Crippen LogP contribution is -2.02. The molecular weight excluding hydrogens is 765 g/mol. The highest BCUT2D eigenvalue weighted by Gasteiger charge is 2.26. The SMILES string of the molecule is c1ccc(-c2cc(-n3c4ccccc4c4c5c6ccccc6n(-c6cccc(-c7cccc8c7Cc7c(-c9ccccc9)cccc7-8)c6)c5ccc43)nc(-c3ccccc3)n2)cc1. The van der Waals surface area contributed by atoms with Gasteiger partial charge in [-0.05, 0) is 87.3 Å². The van der Waals surface area contributed by atoms with Crippen molar-refractivity contribution in [2.24, 2.45) is 0 Å². The highest BCUT2D eigenvalue weighted by atomic mass is 15.1. The lowest BCUT2D eigenvalue weighted by Gasteiger charge is -2.13. The van der Waals surface area contributed by atoms with E-state index in [-0.39, 0.29) is 0 Å². The van der Waals surface area contributed by atoms with E-state index in [0.717, 1.165) is 45.8 Å². The summed E-state index contributed by atoms with van der Waals surface area (Å²) < 4.78 is 4.78. The van der Waals surface area contributed by atoms with Crippen LogP contribution in [-0.4, -0.2) is 19.1 Å². The van der Waals surface area contributed by atoms with Gasteiger partial charge in [0.1, 0.15) is 5.82 Å².